The third-order valence-corrected chi connectivity index (χ3v) is 5.88. The molecule has 0 fully saturated rings. The van der Waals surface area contributed by atoms with Gasteiger partial charge in [-0.05, 0) is 54.5 Å². The minimum atomic E-state index is -0.234. The van der Waals surface area contributed by atoms with Gasteiger partial charge in [0.2, 0.25) is 0 Å². The molecule has 0 bridgehead atoms. The highest BCUT2D eigenvalue weighted by Crippen LogP contribution is 2.33. The largest absolute Gasteiger partial charge is 0.299 e. The van der Waals surface area contributed by atoms with Gasteiger partial charge in [-0.25, -0.2) is 9.07 Å². The molecule has 0 spiro atoms. The molecule has 1 heterocycles. The Morgan fingerprint density at radius 3 is 2.10 bits per heavy atom. The third kappa shape index (κ3) is 4.55. The van der Waals surface area contributed by atoms with Crippen molar-refractivity contribution in [3.8, 4) is 28.1 Å². The van der Waals surface area contributed by atoms with Crippen LogP contribution in [-0.2, 0) is 6.54 Å². The summed E-state index contributed by atoms with van der Waals surface area (Å²) in [7, 11) is 0. The Kier molecular flexibility index (Phi) is 6.50. The normalized spacial score (nSPS) is 11.3. The van der Waals surface area contributed by atoms with Gasteiger partial charge in [0, 0.05) is 22.7 Å². The van der Waals surface area contributed by atoms with Gasteiger partial charge in [-0.3, -0.25) is 4.90 Å². The van der Waals surface area contributed by atoms with E-state index in [-0.39, 0.29) is 5.82 Å². The van der Waals surface area contributed by atoms with E-state index in [1.807, 2.05) is 59.4 Å². The lowest BCUT2D eigenvalue weighted by molar-refractivity contribution is 0.296. The van der Waals surface area contributed by atoms with E-state index in [0.717, 1.165) is 53.3 Å². The summed E-state index contributed by atoms with van der Waals surface area (Å²) in [5.41, 5.74) is 6.06. The number of hydrogen-bond acceptors (Lipinski definition) is 2. The molecule has 1 aromatic heterocycles. The second kappa shape index (κ2) is 9.46. The standard InChI is InChI=1S/C26H25ClFN3/c1-3-30(4-2)18-21-17-29-31(26(21)24-7-5-6-8-25(24)27)23-15-11-20(12-16-23)19-9-13-22(28)14-10-19/h5-17H,3-4,18H2,1-2H3. The molecule has 0 saturated heterocycles. The molecule has 0 N–H and O–H groups in total. The molecular weight excluding hydrogens is 409 g/mol. The number of aromatic nitrogens is 2. The van der Waals surface area contributed by atoms with E-state index in [1.165, 1.54) is 12.1 Å². The van der Waals surface area contributed by atoms with Gasteiger partial charge >= 0.3 is 0 Å². The summed E-state index contributed by atoms with van der Waals surface area (Å²) < 4.78 is 15.2. The molecule has 0 atom stereocenters. The highest BCUT2D eigenvalue weighted by atomic mass is 35.5. The molecule has 5 heteroatoms. The van der Waals surface area contributed by atoms with Gasteiger partial charge in [0.15, 0.2) is 0 Å². The molecule has 4 aromatic rings. The second-order valence-electron chi connectivity index (χ2n) is 7.43. The molecule has 31 heavy (non-hydrogen) atoms. The Balaban J connectivity index is 1.76. The van der Waals surface area contributed by atoms with Crippen LogP contribution in [0.3, 0.4) is 0 Å². The molecule has 0 amide bonds. The van der Waals surface area contributed by atoms with E-state index in [4.69, 9.17) is 16.7 Å². The summed E-state index contributed by atoms with van der Waals surface area (Å²) in [5.74, 6) is -0.234. The van der Waals surface area contributed by atoms with Crippen LogP contribution in [0, 0.1) is 5.82 Å². The van der Waals surface area contributed by atoms with Crippen molar-refractivity contribution in [1.82, 2.24) is 14.7 Å². The molecule has 0 radical (unpaired) electrons. The Labute approximate surface area is 187 Å². The summed E-state index contributed by atoms with van der Waals surface area (Å²) in [4.78, 5) is 2.36. The fraction of sp³-hybridized carbons (Fsp3) is 0.192. The van der Waals surface area contributed by atoms with Gasteiger partial charge in [0.25, 0.3) is 0 Å². The first-order valence-electron chi connectivity index (χ1n) is 10.5. The summed E-state index contributed by atoms with van der Waals surface area (Å²) >= 11 is 6.58. The average Bonchev–Trinajstić information content (AvgIpc) is 3.21. The van der Waals surface area contributed by atoms with Crippen LogP contribution in [0.15, 0.2) is 79.0 Å². The van der Waals surface area contributed by atoms with E-state index in [1.54, 1.807) is 12.1 Å². The van der Waals surface area contributed by atoms with Gasteiger partial charge in [-0.1, -0.05) is 67.9 Å². The lowest BCUT2D eigenvalue weighted by Crippen LogP contribution is -2.22. The quantitative estimate of drug-likeness (QED) is 0.318. The summed E-state index contributed by atoms with van der Waals surface area (Å²) in [5, 5.41) is 5.42. The van der Waals surface area contributed by atoms with Crippen LogP contribution in [0.5, 0.6) is 0 Å². The van der Waals surface area contributed by atoms with Crippen molar-refractivity contribution in [1.29, 1.82) is 0 Å². The van der Waals surface area contributed by atoms with Crippen molar-refractivity contribution in [3.05, 3.63) is 95.4 Å². The summed E-state index contributed by atoms with van der Waals surface area (Å²) in [6.07, 6.45) is 1.94. The van der Waals surface area contributed by atoms with Crippen molar-refractivity contribution >= 4 is 11.6 Å². The lowest BCUT2D eigenvalue weighted by Gasteiger charge is -2.19. The van der Waals surface area contributed by atoms with Crippen LogP contribution < -0.4 is 0 Å². The fourth-order valence-corrected chi connectivity index (χ4v) is 3.98. The average molecular weight is 434 g/mol. The SMILES string of the molecule is CCN(CC)Cc1cnn(-c2ccc(-c3ccc(F)cc3)cc2)c1-c1ccccc1Cl. The summed E-state index contributed by atoms with van der Waals surface area (Å²) in [6.45, 7) is 7.07. The first kappa shape index (κ1) is 21.3. The predicted molar refractivity (Wildman–Crippen MR) is 126 cm³/mol. The van der Waals surface area contributed by atoms with Crippen LogP contribution >= 0.6 is 11.6 Å². The first-order chi connectivity index (χ1) is 15.1. The molecule has 0 aliphatic rings. The molecule has 3 aromatic carbocycles. The van der Waals surface area contributed by atoms with Crippen molar-refractivity contribution in [2.75, 3.05) is 13.1 Å². The van der Waals surface area contributed by atoms with E-state index < -0.39 is 0 Å². The van der Waals surface area contributed by atoms with Crippen molar-refractivity contribution in [2.45, 2.75) is 20.4 Å². The van der Waals surface area contributed by atoms with E-state index in [0.29, 0.717) is 5.02 Å². The monoisotopic (exact) mass is 433 g/mol. The Bertz CT molecular complexity index is 1150. The summed E-state index contributed by atoms with van der Waals surface area (Å²) in [6, 6.07) is 22.5. The molecule has 0 aliphatic carbocycles. The Hall–Kier alpha value is -2.95. The van der Waals surface area contributed by atoms with Gasteiger partial charge in [0.1, 0.15) is 5.82 Å². The van der Waals surface area contributed by atoms with Crippen molar-refractivity contribution < 1.29 is 4.39 Å². The van der Waals surface area contributed by atoms with Crippen molar-refractivity contribution in [2.24, 2.45) is 0 Å². The van der Waals surface area contributed by atoms with Crippen LogP contribution in [-0.4, -0.2) is 27.8 Å². The lowest BCUT2D eigenvalue weighted by atomic mass is 10.0. The predicted octanol–water partition coefficient (Wildman–Crippen LogP) is 6.84. The Morgan fingerprint density at radius 2 is 1.48 bits per heavy atom. The minimum Gasteiger partial charge on any atom is -0.299 e. The van der Waals surface area contributed by atoms with Gasteiger partial charge in [0.05, 0.1) is 17.6 Å². The van der Waals surface area contributed by atoms with E-state index in [9.17, 15) is 4.39 Å². The maximum Gasteiger partial charge on any atom is 0.123 e. The minimum absolute atomic E-state index is 0.234. The van der Waals surface area contributed by atoms with E-state index >= 15 is 0 Å². The molecule has 0 aliphatic heterocycles. The molecule has 3 nitrogen and oxygen atoms in total. The number of rotatable bonds is 7. The maximum absolute atomic E-state index is 13.2. The Morgan fingerprint density at radius 1 is 0.871 bits per heavy atom. The highest BCUT2D eigenvalue weighted by molar-refractivity contribution is 6.33. The van der Waals surface area contributed by atoms with Gasteiger partial charge in [-0.15, -0.1) is 0 Å². The highest BCUT2D eigenvalue weighted by Gasteiger charge is 2.18. The van der Waals surface area contributed by atoms with Crippen LogP contribution in [0.1, 0.15) is 19.4 Å². The van der Waals surface area contributed by atoms with Gasteiger partial charge in [-0.2, -0.15) is 5.10 Å². The molecular formula is C26H25ClFN3. The third-order valence-electron chi connectivity index (χ3n) is 5.55. The second-order valence-corrected chi connectivity index (χ2v) is 7.83. The van der Waals surface area contributed by atoms with Crippen molar-refractivity contribution in [3.63, 3.8) is 0 Å². The molecule has 158 valence electrons. The number of benzene rings is 3. The van der Waals surface area contributed by atoms with Gasteiger partial charge < -0.3 is 0 Å². The first-order valence-corrected chi connectivity index (χ1v) is 10.9. The van der Waals surface area contributed by atoms with Crippen LogP contribution in [0.2, 0.25) is 5.02 Å². The molecule has 0 saturated carbocycles. The fourth-order valence-electron chi connectivity index (χ4n) is 3.76. The topological polar surface area (TPSA) is 21.1 Å². The molecule has 0 unspecified atom stereocenters. The zero-order valence-electron chi connectivity index (χ0n) is 17.7. The number of hydrogen-bond donors (Lipinski definition) is 0. The van der Waals surface area contributed by atoms with E-state index in [2.05, 4.69) is 18.7 Å². The number of halogens is 2. The van der Waals surface area contributed by atoms with Crippen LogP contribution in [0.4, 0.5) is 4.39 Å². The van der Waals surface area contributed by atoms with Crippen LogP contribution in [0.25, 0.3) is 28.1 Å². The molecule has 4 rings (SSSR count). The zero-order valence-corrected chi connectivity index (χ0v) is 18.5. The maximum atomic E-state index is 13.2. The number of nitrogens with zero attached hydrogens (tertiary/aromatic N) is 3. The zero-order chi connectivity index (χ0) is 21.8. The smallest absolute Gasteiger partial charge is 0.123 e.